The van der Waals surface area contributed by atoms with E-state index in [0.29, 0.717) is 18.2 Å². The highest BCUT2D eigenvalue weighted by molar-refractivity contribution is 7.92. The molecule has 0 aliphatic carbocycles. The number of carbonyl (C=O) groups excluding carboxylic acids is 1. The van der Waals surface area contributed by atoms with Crippen molar-refractivity contribution in [2.75, 3.05) is 19.7 Å². The first kappa shape index (κ1) is 17.4. The Labute approximate surface area is 147 Å². The lowest BCUT2D eigenvalue weighted by atomic mass is 10.1. The molecule has 2 unspecified atom stereocenters. The third kappa shape index (κ3) is 3.19. The normalized spacial score (nSPS) is 25.0. The number of nitrogens with one attached hydrogen (secondary N) is 1. The van der Waals surface area contributed by atoms with E-state index in [4.69, 9.17) is 16.3 Å². The van der Waals surface area contributed by atoms with Crippen LogP contribution >= 0.6 is 11.6 Å². The molecule has 6 nitrogen and oxygen atoms in total. The van der Waals surface area contributed by atoms with Crippen LogP contribution in [0.3, 0.4) is 0 Å². The maximum atomic E-state index is 12.4. The topological polar surface area (TPSA) is 75.7 Å². The van der Waals surface area contributed by atoms with E-state index >= 15 is 0 Å². The van der Waals surface area contributed by atoms with E-state index in [1.54, 1.807) is 24.8 Å². The third-order valence-corrected chi connectivity index (χ3v) is 7.38. The van der Waals surface area contributed by atoms with Crippen molar-refractivity contribution in [1.82, 2.24) is 10.2 Å². The zero-order chi connectivity index (χ0) is 17.5. The summed E-state index contributed by atoms with van der Waals surface area (Å²) in [5, 5.41) is 2.37. The fourth-order valence-corrected chi connectivity index (χ4v) is 5.06. The maximum absolute atomic E-state index is 12.4. The van der Waals surface area contributed by atoms with E-state index < -0.39 is 20.3 Å². The van der Waals surface area contributed by atoms with Gasteiger partial charge in [-0.1, -0.05) is 11.6 Å². The van der Waals surface area contributed by atoms with Gasteiger partial charge in [-0.15, -0.1) is 0 Å². The quantitative estimate of drug-likeness (QED) is 0.861. The molecule has 0 bridgehead atoms. The lowest BCUT2D eigenvalue weighted by Gasteiger charge is -2.34. The Balaban J connectivity index is 1.67. The molecule has 0 radical (unpaired) electrons. The van der Waals surface area contributed by atoms with Crippen LogP contribution in [0.15, 0.2) is 12.1 Å². The number of carbonyl (C=O) groups is 1. The van der Waals surface area contributed by atoms with Gasteiger partial charge in [0, 0.05) is 36.6 Å². The molecule has 1 N–H and O–H groups in total. The number of hydrogen-bond acceptors (Lipinski definition) is 4. The van der Waals surface area contributed by atoms with Crippen molar-refractivity contribution in [1.29, 1.82) is 0 Å². The molecule has 8 heteroatoms. The van der Waals surface area contributed by atoms with Gasteiger partial charge in [-0.2, -0.15) is 0 Å². The number of halogens is 1. The lowest BCUT2D eigenvalue weighted by Crippen LogP contribution is -2.54. The summed E-state index contributed by atoms with van der Waals surface area (Å²) in [7, 11) is -3.15. The van der Waals surface area contributed by atoms with Gasteiger partial charge in [0.15, 0.2) is 9.84 Å². The van der Waals surface area contributed by atoms with Crippen LogP contribution in [0.1, 0.15) is 25.0 Å². The van der Waals surface area contributed by atoms with Crippen LogP contribution in [-0.4, -0.2) is 49.5 Å². The summed E-state index contributed by atoms with van der Waals surface area (Å²) in [6, 6.07) is 3.40. The number of benzene rings is 1. The molecule has 2 heterocycles. The number of urea groups is 1. The summed E-state index contributed by atoms with van der Waals surface area (Å²) in [5.41, 5.74) is 1.90. The van der Waals surface area contributed by atoms with E-state index in [0.717, 1.165) is 23.3 Å². The van der Waals surface area contributed by atoms with Crippen LogP contribution in [-0.2, 0) is 22.8 Å². The molecule has 24 heavy (non-hydrogen) atoms. The Morgan fingerprint density at radius 3 is 2.67 bits per heavy atom. The predicted molar refractivity (Wildman–Crippen MR) is 92.3 cm³/mol. The van der Waals surface area contributed by atoms with Crippen molar-refractivity contribution >= 4 is 27.5 Å². The number of rotatable bonds is 2. The van der Waals surface area contributed by atoms with Gasteiger partial charge in [0.1, 0.15) is 5.75 Å². The van der Waals surface area contributed by atoms with Crippen LogP contribution in [0.4, 0.5) is 4.79 Å². The molecule has 0 aromatic heterocycles. The van der Waals surface area contributed by atoms with Crippen molar-refractivity contribution in [3.8, 4) is 5.75 Å². The Morgan fingerprint density at radius 2 is 2.00 bits per heavy atom. The van der Waals surface area contributed by atoms with Gasteiger partial charge in [-0.3, -0.25) is 0 Å². The first-order valence-electron chi connectivity index (χ1n) is 7.98. The van der Waals surface area contributed by atoms with Gasteiger partial charge in [-0.05, 0) is 31.5 Å². The Morgan fingerprint density at radius 1 is 1.33 bits per heavy atom. The van der Waals surface area contributed by atoms with Crippen LogP contribution in [0.5, 0.6) is 5.75 Å². The average Bonchev–Trinajstić information content (AvgIpc) is 2.98. The highest BCUT2D eigenvalue weighted by Crippen LogP contribution is 2.32. The van der Waals surface area contributed by atoms with Crippen molar-refractivity contribution < 1.29 is 17.9 Å². The van der Waals surface area contributed by atoms with Crippen molar-refractivity contribution in [3.05, 3.63) is 28.3 Å². The van der Waals surface area contributed by atoms with Crippen molar-refractivity contribution in [3.63, 3.8) is 0 Å². The van der Waals surface area contributed by atoms with E-state index in [2.05, 4.69) is 5.32 Å². The second kappa shape index (κ2) is 6.44. The lowest BCUT2D eigenvalue weighted by molar-refractivity contribution is 0.194. The molecule has 2 aliphatic rings. The summed E-state index contributed by atoms with van der Waals surface area (Å²) in [5.74, 6) is 0.794. The molecule has 132 valence electrons. The fourth-order valence-electron chi connectivity index (χ4n) is 3.23. The molecule has 1 fully saturated rings. The largest absolute Gasteiger partial charge is 0.493 e. The van der Waals surface area contributed by atoms with Gasteiger partial charge < -0.3 is 15.0 Å². The van der Waals surface area contributed by atoms with E-state index in [1.165, 1.54) is 0 Å². The molecule has 2 aliphatic heterocycles. The predicted octanol–water partition coefficient (Wildman–Crippen LogP) is 1.99. The van der Waals surface area contributed by atoms with Crippen molar-refractivity contribution in [2.24, 2.45) is 0 Å². The zero-order valence-corrected chi connectivity index (χ0v) is 15.3. The maximum Gasteiger partial charge on any atom is 0.317 e. The first-order chi connectivity index (χ1) is 11.3. The second-order valence-corrected chi connectivity index (χ2v) is 9.65. The standard InChI is InChI=1S/C16H21ClN2O4S/c1-10-8-19(9-11(2)24(10,21)22)16(20)18-7-13-6-14(17)5-12-3-4-23-15(12)13/h5-6,10-11H,3-4,7-9H2,1-2H3,(H,18,20). The fraction of sp³-hybridized carbons (Fsp3) is 0.562. The van der Waals surface area contributed by atoms with Gasteiger partial charge in [-0.25, -0.2) is 13.2 Å². The average molecular weight is 373 g/mol. The van der Waals surface area contributed by atoms with E-state index in [1.807, 2.05) is 6.07 Å². The first-order valence-corrected chi connectivity index (χ1v) is 9.97. The number of amides is 2. The Hall–Kier alpha value is -1.47. The molecule has 1 aromatic rings. The van der Waals surface area contributed by atoms with Crippen LogP contribution in [0.25, 0.3) is 0 Å². The molecule has 1 aromatic carbocycles. The molecular weight excluding hydrogens is 352 g/mol. The monoisotopic (exact) mass is 372 g/mol. The summed E-state index contributed by atoms with van der Waals surface area (Å²) in [6.07, 6.45) is 0.815. The minimum absolute atomic E-state index is 0.211. The molecule has 2 amide bonds. The molecule has 2 atom stereocenters. The van der Waals surface area contributed by atoms with E-state index in [-0.39, 0.29) is 19.1 Å². The zero-order valence-electron chi connectivity index (χ0n) is 13.7. The second-order valence-electron chi connectivity index (χ2n) is 6.43. The third-order valence-electron chi connectivity index (χ3n) is 4.62. The summed E-state index contributed by atoms with van der Waals surface area (Å²) in [6.45, 7) is 4.63. The van der Waals surface area contributed by atoms with Crippen LogP contribution < -0.4 is 10.1 Å². The van der Waals surface area contributed by atoms with Crippen molar-refractivity contribution in [2.45, 2.75) is 37.3 Å². The molecular formula is C16H21ClN2O4S. The number of fused-ring (bicyclic) bond motifs is 1. The van der Waals surface area contributed by atoms with Gasteiger partial charge >= 0.3 is 6.03 Å². The number of ether oxygens (including phenoxy) is 1. The summed E-state index contributed by atoms with van der Waals surface area (Å²) in [4.78, 5) is 14.0. The van der Waals surface area contributed by atoms with Gasteiger partial charge in [0.25, 0.3) is 0 Å². The summed E-state index contributed by atoms with van der Waals surface area (Å²) < 4.78 is 29.7. The molecule has 0 saturated carbocycles. The van der Waals surface area contributed by atoms with Gasteiger partial charge in [0.05, 0.1) is 17.1 Å². The molecule has 1 saturated heterocycles. The molecule has 3 rings (SSSR count). The SMILES string of the molecule is CC1CN(C(=O)NCc2cc(Cl)cc3c2OCC3)CC(C)S1(=O)=O. The Bertz CT molecular complexity index is 748. The Kier molecular flexibility index (Phi) is 4.66. The minimum atomic E-state index is -3.15. The molecule has 0 spiro atoms. The highest BCUT2D eigenvalue weighted by Gasteiger charge is 2.37. The van der Waals surface area contributed by atoms with Crippen LogP contribution in [0.2, 0.25) is 5.02 Å². The number of sulfone groups is 1. The smallest absolute Gasteiger partial charge is 0.317 e. The number of hydrogen-bond donors (Lipinski definition) is 1. The van der Waals surface area contributed by atoms with E-state index in [9.17, 15) is 13.2 Å². The van der Waals surface area contributed by atoms with Crippen LogP contribution in [0, 0.1) is 0 Å². The van der Waals surface area contributed by atoms with Gasteiger partial charge in [0.2, 0.25) is 0 Å². The summed E-state index contributed by atoms with van der Waals surface area (Å²) >= 11 is 6.12. The minimum Gasteiger partial charge on any atom is -0.493 e. The highest BCUT2D eigenvalue weighted by atomic mass is 35.5. The number of nitrogens with zero attached hydrogens (tertiary/aromatic N) is 1.